The summed E-state index contributed by atoms with van der Waals surface area (Å²) in [6.45, 7) is 5.06. The first-order valence-electron chi connectivity index (χ1n) is 7.97. The largest absolute Gasteiger partial charge is 0.459 e. The molecule has 4 nitrogen and oxygen atoms in total. The van der Waals surface area contributed by atoms with Gasteiger partial charge in [-0.15, -0.1) is 0 Å². The molecule has 0 aliphatic carbocycles. The third-order valence-electron chi connectivity index (χ3n) is 3.84. The Bertz CT molecular complexity index is 972. The van der Waals surface area contributed by atoms with Gasteiger partial charge in [0.05, 0.1) is 5.56 Å². The average molecular weight is 334 g/mol. The Balaban J connectivity index is 1.70. The maximum Gasteiger partial charge on any atom is 0.338 e. The molecule has 25 heavy (non-hydrogen) atoms. The van der Waals surface area contributed by atoms with Gasteiger partial charge in [0.25, 0.3) is 0 Å². The van der Waals surface area contributed by atoms with Crippen LogP contribution in [0.1, 0.15) is 17.3 Å². The highest BCUT2D eigenvalue weighted by Crippen LogP contribution is 2.24. The summed E-state index contributed by atoms with van der Waals surface area (Å²) in [5, 5.41) is 4.31. The molecule has 0 saturated carbocycles. The molecule has 0 aliphatic heterocycles. The summed E-state index contributed by atoms with van der Waals surface area (Å²) in [6, 6.07) is 17.7. The summed E-state index contributed by atoms with van der Waals surface area (Å²) < 4.78 is 10.0. The average Bonchev–Trinajstić information content (AvgIpc) is 2.62. The van der Waals surface area contributed by atoms with Crippen LogP contribution < -0.4 is 0 Å². The molecule has 0 N–H and O–H groups in total. The number of hydrogen-bond acceptors (Lipinski definition) is 4. The van der Waals surface area contributed by atoms with Gasteiger partial charge in [-0.05, 0) is 52.7 Å². The van der Waals surface area contributed by atoms with Crippen molar-refractivity contribution < 1.29 is 19.1 Å². The van der Waals surface area contributed by atoms with Crippen LogP contribution in [-0.2, 0) is 14.3 Å². The van der Waals surface area contributed by atoms with Crippen molar-refractivity contribution in [1.82, 2.24) is 0 Å². The van der Waals surface area contributed by atoms with E-state index in [1.807, 2.05) is 30.3 Å². The van der Waals surface area contributed by atoms with Gasteiger partial charge in [-0.2, -0.15) is 0 Å². The van der Waals surface area contributed by atoms with E-state index in [4.69, 9.17) is 9.47 Å². The molecule has 126 valence electrons. The molecule has 0 bridgehead atoms. The number of benzene rings is 3. The Hall–Kier alpha value is -3.14. The molecular formula is C21H18O4. The summed E-state index contributed by atoms with van der Waals surface area (Å²) in [6.07, 6.45) is 0. The molecule has 0 aliphatic rings. The fourth-order valence-corrected chi connectivity index (χ4v) is 2.54. The third kappa shape index (κ3) is 3.86. The molecule has 3 rings (SSSR count). The van der Waals surface area contributed by atoms with Crippen LogP contribution in [0.2, 0.25) is 0 Å². The first-order valence-corrected chi connectivity index (χ1v) is 7.97. The van der Waals surface area contributed by atoms with E-state index >= 15 is 0 Å². The van der Waals surface area contributed by atoms with E-state index in [1.54, 1.807) is 13.0 Å². The molecule has 0 spiro atoms. The molecule has 3 aromatic rings. The maximum atomic E-state index is 12.2. The highest BCUT2D eigenvalue weighted by Gasteiger charge is 2.09. The van der Waals surface area contributed by atoms with Crippen molar-refractivity contribution in [2.45, 2.75) is 6.92 Å². The summed E-state index contributed by atoms with van der Waals surface area (Å²) in [7, 11) is 0. The second kappa shape index (κ2) is 7.18. The summed E-state index contributed by atoms with van der Waals surface area (Å²) >= 11 is 0. The minimum Gasteiger partial charge on any atom is -0.459 e. The van der Waals surface area contributed by atoms with Crippen LogP contribution in [0.25, 0.3) is 21.5 Å². The summed E-state index contributed by atoms with van der Waals surface area (Å²) in [5.74, 6) is -0.935. The topological polar surface area (TPSA) is 52.6 Å². The predicted octanol–water partition coefficient (Wildman–Crippen LogP) is 4.27. The van der Waals surface area contributed by atoms with Gasteiger partial charge in [0.1, 0.15) is 13.2 Å². The summed E-state index contributed by atoms with van der Waals surface area (Å²) in [5.41, 5.74) is 0.780. The number of carbonyl (C=O) groups excluding carboxylic acids is 2. The lowest BCUT2D eigenvalue weighted by molar-refractivity contribution is -0.140. The van der Waals surface area contributed by atoms with Crippen molar-refractivity contribution in [3.05, 3.63) is 72.3 Å². The van der Waals surface area contributed by atoms with E-state index in [0.717, 1.165) is 21.5 Å². The smallest absolute Gasteiger partial charge is 0.338 e. The third-order valence-corrected chi connectivity index (χ3v) is 3.84. The van der Waals surface area contributed by atoms with E-state index in [1.165, 1.54) is 0 Å². The van der Waals surface area contributed by atoms with Crippen molar-refractivity contribution in [1.29, 1.82) is 0 Å². The van der Waals surface area contributed by atoms with Gasteiger partial charge in [-0.1, -0.05) is 36.9 Å². The molecule has 0 unspecified atom stereocenters. The van der Waals surface area contributed by atoms with Crippen LogP contribution in [0.15, 0.2) is 66.7 Å². The molecule has 0 heterocycles. The van der Waals surface area contributed by atoms with Crippen molar-refractivity contribution >= 4 is 33.5 Å². The lowest BCUT2D eigenvalue weighted by Gasteiger charge is -2.08. The Morgan fingerprint density at radius 1 is 0.840 bits per heavy atom. The number of ether oxygens (including phenoxy) is 2. The monoisotopic (exact) mass is 334 g/mol. The van der Waals surface area contributed by atoms with Crippen LogP contribution in [0.5, 0.6) is 0 Å². The second-order valence-corrected chi connectivity index (χ2v) is 5.81. The lowest BCUT2D eigenvalue weighted by Crippen LogP contribution is -2.14. The van der Waals surface area contributed by atoms with Crippen LogP contribution in [-0.4, -0.2) is 25.2 Å². The predicted molar refractivity (Wildman–Crippen MR) is 97.5 cm³/mol. The lowest BCUT2D eigenvalue weighted by atomic mass is 10.0. The molecule has 0 radical (unpaired) electrons. The van der Waals surface area contributed by atoms with Crippen LogP contribution in [0, 0.1) is 0 Å². The Morgan fingerprint density at radius 3 is 2.12 bits per heavy atom. The van der Waals surface area contributed by atoms with Gasteiger partial charge < -0.3 is 9.47 Å². The normalized spacial score (nSPS) is 10.6. The van der Waals surface area contributed by atoms with Crippen molar-refractivity contribution in [3.63, 3.8) is 0 Å². The number of esters is 2. The molecule has 0 saturated heterocycles. The van der Waals surface area contributed by atoms with E-state index in [9.17, 15) is 9.59 Å². The number of fused-ring (bicyclic) bond motifs is 2. The van der Waals surface area contributed by atoms with Crippen molar-refractivity contribution in [2.75, 3.05) is 13.2 Å². The highest BCUT2D eigenvalue weighted by molar-refractivity contribution is 6.01. The van der Waals surface area contributed by atoms with E-state index < -0.39 is 11.9 Å². The maximum absolute atomic E-state index is 12.2. The zero-order valence-electron chi connectivity index (χ0n) is 14.0. The van der Waals surface area contributed by atoms with Gasteiger partial charge in [-0.25, -0.2) is 9.59 Å². The standard InChI is InChI=1S/C21H18O4/c1-14(2)20(22)24-9-10-25-21(23)18-8-7-17-11-15-5-3-4-6-16(15)12-19(17)13-18/h3-8,11-13H,1,9-10H2,2H3. The molecule has 4 heteroatoms. The number of hydrogen-bond donors (Lipinski definition) is 0. The molecule has 0 atom stereocenters. The van der Waals surface area contributed by atoms with E-state index in [2.05, 4.69) is 24.8 Å². The molecular weight excluding hydrogens is 316 g/mol. The Kier molecular flexibility index (Phi) is 4.80. The van der Waals surface area contributed by atoms with Crippen LogP contribution >= 0.6 is 0 Å². The van der Waals surface area contributed by atoms with Gasteiger partial charge >= 0.3 is 11.9 Å². The fraction of sp³-hybridized carbons (Fsp3) is 0.143. The summed E-state index contributed by atoms with van der Waals surface area (Å²) in [4.78, 5) is 23.4. The molecule has 0 amide bonds. The fourth-order valence-electron chi connectivity index (χ4n) is 2.54. The number of rotatable bonds is 5. The van der Waals surface area contributed by atoms with E-state index in [-0.39, 0.29) is 13.2 Å². The van der Waals surface area contributed by atoms with Gasteiger partial charge in [0.2, 0.25) is 0 Å². The van der Waals surface area contributed by atoms with Gasteiger partial charge in [0, 0.05) is 5.57 Å². The first kappa shape index (κ1) is 16.7. The van der Waals surface area contributed by atoms with Gasteiger partial charge in [-0.3, -0.25) is 0 Å². The minimum absolute atomic E-state index is 0.00755. The van der Waals surface area contributed by atoms with Crippen LogP contribution in [0.4, 0.5) is 0 Å². The highest BCUT2D eigenvalue weighted by atomic mass is 16.6. The molecule has 0 aromatic heterocycles. The zero-order valence-corrected chi connectivity index (χ0v) is 14.0. The SMILES string of the molecule is C=C(C)C(=O)OCCOC(=O)c1ccc2cc3ccccc3cc2c1. The van der Waals surface area contributed by atoms with Crippen molar-refractivity contribution in [3.8, 4) is 0 Å². The quantitative estimate of drug-likeness (QED) is 0.303. The Morgan fingerprint density at radius 2 is 1.44 bits per heavy atom. The first-order chi connectivity index (χ1) is 12.0. The molecule has 0 fully saturated rings. The molecule has 3 aromatic carbocycles. The second-order valence-electron chi connectivity index (χ2n) is 5.81. The van der Waals surface area contributed by atoms with E-state index in [0.29, 0.717) is 11.1 Å². The number of carbonyl (C=O) groups is 2. The van der Waals surface area contributed by atoms with Crippen LogP contribution in [0.3, 0.4) is 0 Å². The van der Waals surface area contributed by atoms with Crippen molar-refractivity contribution in [2.24, 2.45) is 0 Å². The van der Waals surface area contributed by atoms with Gasteiger partial charge in [0.15, 0.2) is 0 Å². The minimum atomic E-state index is -0.492. The Labute approximate surface area is 145 Å². The zero-order chi connectivity index (χ0) is 17.8.